The normalized spacial score (nSPS) is 14.5. The first-order valence-electron chi connectivity index (χ1n) is 5.99. The van der Waals surface area contributed by atoms with Gasteiger partial charge in [0.05, 0.1) is 4.34 Å². The van der Waals surface area contributed by atoms with Gasteiger partial charge in [0.15, 0.2) is 0 Å². The van der Waals surface area contributed by atoms with E-state index in [1.165, 1.54) is 21.6 Å². The molecule has 1 unspecified atom stereocenters. The highest BCUT2D eigenvalue weighted by molar-refractivity contribution is 7.16. The van der Waals surface area contributed by atoms with Gasteiger partial charge >= 0.3 is 0 Å². The van der Waals surface area contributed by atoms with Gasteiger partial charge in [-0.25, -0.2) is 0 Å². The molecule has 1 aromatic heterocycles. The molecule has 96 valence electrons. The number of hydrogen-bond donors (Lipinski definition) is 1. The van der Waals surface area contributed by atoms with Crippen LogP contribution in [-0.2, 0) is 12.0 Å². The minimum atomic E-state index is -0.357. The molecule has 3 heteroatoms. The maximum atomic E-state index is 6.51. The number of thiophene rings is 1. The molecule has 1 heterocycles. The van der Waals surface area contributed by atoms with Crippen LogP contribution >= 0.6 is 22.9 Å². The van der Waals surface area contributed by atoms with Gasteiger partial charge in [-0.05, 0) is 44.0 Å². The van der Waals surface area contributed by atoms with Crippen molar-refractivity contribution in [2.75, 3.05) is 0 Å². The van der Waals surface area contributed by atoms with E-state index in [2.05, 4.69) is 45.0 Å². The van der Waals surface area contributed by atoms with Gasteiger partial charge in [0.2, 0.25) is 0 Å². The fourth-order valence-electron chi connectivity index (χ4n) is 2.26. The summed E-state index contributed by atoms with van der Waals surface area (Å²) in [6.07, 6.45) is 0.814. The minimum absolute atomic E-state index is 0.357. The topological polar surface area (TPSA) is 26.0 Å². The van der Waals surface area contributed by atoms with Crippen molar-refractivity contribution < 1.29 is 0 Å². The first kappa shape index (κ1) is 13.6. The van der Waals surface area contributed by atoms with Gasteiger partial charge in [0, 0.05) is 16.8 Å². The molecule has 0 aliphatic rings. The van der Waals surface area contributed by atoms with E-state index in [9.17, 15) is 0 Å². The lowest BCUT2D eigenvalue weighted by molar-refractivity contribution is 0.492. The van der Waals surface area contributed by atoms with E-state index in [0.29, 0.717) is 0 Å². The summed E-state index contributed by atoms with van der Waals surface area (Å²) in [5, 5.41) is 0. The average molecular weight is 280 g/mol. The van der Waals surface area contributed by atoms with Crippen molar-refractivity contribution in [1.82, 2.24) is 0 Å². The van der Waals surface area contributed by atoms with E-state index in [-0.39, 0.29) is 5.54 Å². The summed E-state index contributed by atoms with van der Waals surface area (Å²) in [6.45, 7) is 6.30. The molecule has 0 saturated heterocycles. The molecule has 0 fully saturated rings. The van der Waals surface area contributed by atoms with Crippen LogP contribution in [0.4, 0.5) is 0 Å². The zero-order valence-electron chi connectivity index (χ0n) is 11.0. The molecule has 2 N–H and O–H groups in total. The van der Waals surface area contributed by atoms with E-state index >= 15 is 0 Å². The van der Waals surface area contributed by atoms with Crippen LogP contribution in [0.25, 0.3) is 0 Å². The Morgan fingerprint density at radius 1 is 1.22 bits per heavy atom. The lowest BCUT2D eigenvalue weighted by Gasteiger charge is -2.27. The van der Waals surface area contributed by atoms with Crippen LogP contribution in [0, 0.1) is 13.8 Å². The molecule has 2 rings (SSSR count). The molecule has 0 amide bonds. The second-order valence-electron chi connectivity index (χ2n) is 5.12. The van der Waals surface area contributed by atoms with Crippen molar-refractivity contribution in [2.24, 2.45) is 5.73 Å². The van der Waals surface area contributed by atoms with Crippen LogP contribution in [0.1, 0.15) is 28.5 Å². The second-order valence-corrected chi connectivity index (χ2v) is 6.92. The van der Waals surface area contributed by atoms with Gasteiger partial charge < -0.3 is 5.73 Å². The molecule has 2 aromatic rings. The lowest BCUT2D eigenvalue weighted by Crippen LogP contribution is -2.36. The standard InChI is InChI=1S/C15H18ClNS/c1-10-4-5-11(2)13(8-10)15(3,17)9-12-6-7-14(16)18-12/h4-8H,9,17H2,1-3H3. The number of rotatable bonds is 3. The number of aryl methyl sites for hydroxylation is 2. The molecule has 0 bridgehead atoms. The van der Waals surface area contributed by atoms with E-state index in [0.717, 1.165) is 10.8 Å². The number of hydrogen-bond acceptors (Lipinski definition) is 2. The van der Waals surface area contributed by atoms with Crippen LogP contribution in [0.3, 0.4) is 0 Å². The predicted octanol–water partition coefficient (Wildman–Crippen LogP) is 4.43. The van der Waals surface area contributed by atoms with Crippen molar-refractivity contribution in [3.63, 3.8) is 0 Å². The summed E-state index contributed by atoms with van der Waals surface area (Å²) >= 11 is 7.57. The Kier molecular flexibility index (Phi) is 3.81. The maximum Gasteiger partial charge on any atom is 0.0931 e. The van der Waals surface area contributed by atoms with Gasteiger partial charge in [-0.15, -0.1) is 11.3 Å². The fourth-order valence-corrected chi connectivity index (χ4v) is 3.51. The molecular formula is C15H18ClNS. The third-order valence-electron chi connectivity index (χ3n) is 3.18. The summed E-state index contributed by atoms with van der Waals surface area (Å²) in [5.74, 6) is 0. The quantitative estimate of drug-likeness (QED) is 0.883. The maximum absolute atomic E-state index is 6.51. The third-order valence-corrected chi connectivity index (χ3v) is 4.41. The summed E-state index contributed by atoms with van der Waals surface area (Å²) in [5.41, 5.74) is 9.86. The van der Waals surface area contributed by atoms with Crippen LogP contribution in [0.15, 0.2) is 30.3 Å². The smallest absolute Gasteiger partial charge is 0.0931 e. The molecule has 1 aromatic carbocycles. The van der Waals surface area contributed by atoms with Crippen molar-refractivity contribution in [3.8, 4) is 0 Å². The molecule has 0 aliphatic carbocycles. The summed E-state index contributed by atoms with van der Waals surface area (Å²) in [7, 11) is 0. The number of benzene rings is 1. The first-order chi connectivity index (χ1) is 8.38. The van der Waals surface area contributed by atoms with Gasteiger partial charge in [-0.3, -0.25) is 0 Å². The fraction of sp³-hybridized carbons (Fsp3) is 0.333. The van der Waals surface area contributed by atoms with Gasteiger partial charge in [0.25, 0.3) is 0 Å². The van der Waals surface area contributed by atoms with Crippen LogP contribution in [-0.4, -0.2) is 0 Å². The monoisotopic (exact) mass is 279 g/mol. The summed E-state index contributed by atoms with van der Waals surface area (Å²) in [4.78, 5) is 1.23. The lowest BCUT2D eigenvalue weighted by atomic mass is 9.85. The highest BCUT2D eigenvalue weighted by Gasteiger charge is 2.24. The Morgan fingerprint density at radius 3 is 2.56 bits per heavy atom. The zero-order chi connectivity index (χ0) is 13.3. The first-order valence-corrected chi connectivity index (χ1v) is 7.19. The largest absolute Gasteiger partial charge is 0.321 e. The van der Waals surface area contributed by atoms with Gasteiger partial charge in [0.1, 0.15) is 0 Å². The average Bonchev–Trinajstić information content (AvgIpc) is 2.66. The third kappa shape index (κ3) is 2.94. The highest BCUT2D eigenvalue weighted by atomic mass is 35.5. The second kappa shape index (κ2) is 5.04. The van der Waals surface area contributed by atoms with E-state index in [1.807, 2.05) is 6.07 Å². The molecule has 0 saturated carbocycles. The molecule has 18 heavy (non-hydrogen) atoms. The summed E-state index contributed by atoms with van der Waals surface area (Å²) < 4.78 is 0.821. The van der Waals surface area contributed by atoms with Crippen molar-refractivity contribution >= 4 is 22.9 Å². The Balaban J connectivity index is 2.32. The molecular weight excluding hydrogens is 262 g/mol. The number of nitrogens with two attached hydrogens (primary N) is 1. The van der Waals surface area contributed by atoms with Crippen molar-refractivity contribution in [3.05, 3.63) is 56.2 Å². The Bertz CT molecular complexity index is 557. The highest BCUT2D eigenvalue weighted by Crippen LogP contribution is 2.30. The van der Waals surface area contributed by atoms with Gasteiger partial charge in [-0.1, -0.05) is 35.4 Å². The van der Waals surface area contributed by atoms with Crippen LogP contribution in [0.5, 0.6) is 0 Å². The van der Waals surface area contributed by atoms with E-state index in [1.54, 1.807) is 11.3 Å². The van der Waals surface area contributed by atoms with Crippen LogP contribution < -0.4 is 5.73 Å². The van der Waals surface area contributed by atoms with Crippen molar-refractivity contribution in [2.45, 2.75) is 32.7 Å². The molecule has 0 radical (unpaired) electrons. The zero-order valence-corrected chi connectivity index (χ0v) is 12.5. The number of halogens is 1. The Hall–Kier alpha value is -0.830. The molecule has 1 atom stereocenters. The minimum Gasteiger partial charge on any atom is -0.321 e. The van der Waals surface area contributed by atoms with E-state index < -0.39 is 0 Å². The van der Waals surface area contributed by atoms with Crippen molar-refractivity contribution in [1.29, 1.82) is 0 Å². The molecule has 0 spiro atoms. The van der Waals surface area contributed by atoms with Crippen LogP contribution in [0.2, 0.25) is 4.34 Å². The van der Waals surface area contributed by atoms with E-state index in [4.69, 9.17) is 17.3 Å². The Morgan fingerprint density at radius 2 is 1.94 bits per heavy atom. The summed E-state index contributed by atoms with van der Waals surface area (Å²) in [6, 6.07) is 10.4. The SMILES string of the molecule is Cc1ccc(C)c(C(C)(N)Cc2ccc(Cl)s2)c1. The molecule has 0 aliphatic heterocycles. The van der Waals surface area contributed by atoms with Gasteiger partial charge in [-0.2, -0.15) is 0 Å². The Labute approximate surface area is 118 Å². The molecule has 1 nitrogen and oxygen atoms in total. The predicted molar refractivity (Wildman–Crippen MR) is 80.5 cm³/mol.